The fourth-order valence-electron chi connectivity index (χ4n) is 2.60. The average Bonchev–Trinajstić information content (AvgIpc) is 2.86. The number of hydrogen-bond acceptors (Lipinski definition) is 2. The summed E-state index contributed by atoms with van der Waals surface area (Å²) < 4.78 is 1.23. The quantitative estimate of drug-likeness (QED) is 0.870. The molecular weight excluding hydrogens is 356 g/mol. The Kier molecular flexibility index (Phi) is 4.66. The van der Waals surface area contributed by atoms with Crippen LogP contribution in [-0.4, -0.2) is 26.2 Å². The van der Waals surface area contributed by atoms with Gasteiger partial charge in [-0.05, 0) is 52.3 Å². The number of quaternary nitrogens is 1. The largest absolute Gasteiger partial charge is 0.360 e. The summed E-state index contributed by atoms with van der Waals surface area (Å²) >= 11 is 11.3. The SMILES string of the molecule is Clc1ccc(N2CC[NH+](Cc3ccc(Br)s3)CC2)cc1. The third-order valence-electron chi connectivity index (χ3n) is 3.72. The Labute approximate surface area is 137 Å². The minimum absolute atomic E-state index is 0.807. The molecule has 0 amide bonds. The lowest BCUT2D eigenvalue weighted by molar-refractivity contribution is -0.914. The topological polar surface area (TPSA) is 7.68 Å². The van der Waals surface area contributed by atoms with E-state index in [2.05, 4.69) is 45.1 Å². The van der Waals surface area contributed by atoms with Gasteiger partial charge in [0, 0.05) is 10.7 Å². The van der Waals surface area contributed by atoms with Crippen LogP contribution in [0.1, 0.15) is 4.88 Å². The summed E-state index contributed by atoms with van der Waals surface area (Å²) in [6, 6.07) is 12.5. The molecule has 2 nitrogen and oxygen atoms in total. The molecule has 20 heavy (non-hydrogen) atoms. The summed E-state index contributed by atoms with van der Waals surface area (Å²) in [6.45, 7) is 5.76. The highest BCUT2D eigenvalue weighted by molar-refractivity contribution is 9.11. The van der Waals surface area contributed by atoms with Gasteiger partial charge in [-0.25, -0.2) is 0 Å². The fourth-order valence-corrected chi connectivity index (χ4v) is 4.28. The van der Waals surface area contributed by atoms with Gasteiger partial charge in [-0.3, -0.25) is 0 Å². The smallest absolute Gasteiger partial charge is 0.112 e. The number of anilines is 1. The van der Waals surface area contributed by atoms with E-state index in [1.165, 1.54) is 27.4 Å². The van der Waals surface area contributed by atoms with E-state index in [1.807, 2.05) is 23.5 Å². The number of thiophene rings is 1. The van der Waals surface area contributed by atoms with Crippen LogP contribution < -0.4 is 9.80 Å². The van der Waals surface area contributed by atoms with Crippen molar-refractivity contribution in [2.45, 2.75) is 6.54 Å². The number of nitrogens with zero attached hydrogens (tertiary/aromatic N) is 1. The Bertz CT molecular complexity index is 562. The molecular formula is C15H17BrClN2S+. The van der Waals surface area contributed by atoms with Gasteiger partial charge in [0.25, 0.3) is 0 Å². The minimum atomic E-state index is 0.807. The van der Waals surface area contributed by atoms with E-state index in [0.29, 0.717) is 0 Å². The molecule has 1 aromatic heterocycles. The third kappa shape index (κ3) is 3.55. The Hall–Kier alpha value is -0.550. The first-order chi connectivity index (χ1) is 9.70. The Morgan fingerprint density at radius 1 is 1.10 bits per heavy atom. The lowest BCUT2D eigenvalue weighted by Gasteiger charge is -2.33. The molecule has 3 rings (SSSR count). The minimum Gasteiger partial charge on any atom is -0.360 e. The zero-order valence-corrected chi connectivity index (χ0v) is 14.3. The number of rotatable bonds is 3. The molecule has 0 bridgehead atoms. The van der Waals surface area contributed by atoms with Crippen molar-refractivity contribution in [1.82, 2.24) is 0 Å². The van der Waals surface area contributed by atoms with Crippen molar-refractivity contribution < 1.29 is 4.90 Å². The average molecular weight is 373 g/mol. The zero-order chi connectivity index (χ0) is 13.9. The van der Waals surface area contributed by atoms with E-state index in [0.717, 1.165) is 24.7 Å². The second-order valence-electron chi connectivity index (χ2n) is 5.10. The molecule has 1 aliphatic heterocycles. The van der Waals surface area contributed by atoms with E-state index in [-0.39, 0.29) is 0 Å². The molecule has 2 aromatic rings. The second kappa shape index (κ2) is 6.48. The van der Waals surface area contributed by atoms with Gasteiger partial charge >= 0.3 is 0 Å². The molecule has 106 valence electrons. The van der Waals surface area contributed by atoms with Crippen molar-refractivity contribution in [2.75, 3.05) is 31.1 Å². The van der Waals surface area contributed by atoms with Gasteiger partial charge in [-0.15, -0.1) is 11.3 Å². The van der Waals surface area contributed by atoms with Crippen molar-refractivity contribution in [3.8, 4) is 0 Å². The Balaban J connectivity index is 1.55. The molecule has 0 saturated carbocycles. The Morgan fingerprint density at radius 3 is 2.40 bits per heavy atom. The number of benzene rings is 1. The predicted octanol–water partition coefficient (Wildman–Crippen LogP) is 3.07. The molecule has 0 unspecified atom stereocenters. The molecule has 1 aromatic carbocycles. The van der Waals surface area contributed by atoms with Gasteiger partial charge < -0.3 is 9.80 Å². The summed E-state index contributed by atoms with van der Waals surface area (Å²) in [4.78, 5) is 5.58. The van der Waals surface area contributed by atoms with E-state index in [9.17, 15) is 0 Å². The summed E-state index contributed by atoms with van der Waals surface area (Å²) in [5, 5.41) is 0.807. The van der Waals surface area contributed by atoms with Gasteiger partial charge in [-0.2, -0.15) is 0 Å². The van der Waals surface area contributed by atoms with Crippen molar-refractivity contribution in [3.63, 3.8) is 0 Å². The number of piperazine rings is 1. The normalized spacial score (nSPS) is 16.6. The van der Waals surface area contributed by atoms with Crippen LogP contribution in [0, 0.1) is 0 Å². The summed E-state index contributed by atoms with van der Waals surface area (Å²) in [5.74, 6) is 0. The van der Waals surface area contributed by atoms with E-state index >= 15 is 0 Å². The predicted molar refractivity (Wildman–Crippen MR) is 90.1 cm³/mol. The van der Waals surface area contributed by atoms with Crippen molar-refractivity contribution in [2.24, 2.45) is 0 Å². The first kappa shape index (κ1) is 14.4. The molecule has 1 saturated heterocycles. The van der Waals surface area contributed by atoms with Gasteiger partial charge in [0.15, 0.2) is 0 Å². The zero-order valence-electron chi connectivity index (χ0n) is 11.1. The molecule has 1 aliphatic rings. The third-order valence-corrected chi connectivity index (χ3v) is 5.59. The monoisotopic (exact) mass is 371 g/mol. The maximum absolute atomic E-state index is 5.94. The van der Waals surface area contributed by atoms with E-state index in [4.69, 9.17) is 11.6 Å². The van der Waals surface area contributed by atoms with Gasteiger partial charge in [0.2, 0.25) is 0 Å². The molecule has 0 atom stereocenters. The van der Waals surface area contributed by atoms with Crippen LogP contribution in [-0.2, 0) is 6.54 Å². The van der Waals surface area contributed by atoms with Crippen molar-refractivity contribution in [1.29, 1.82) is 0 Å². The summed E-state index contributed by atoms with van der Waals surface area (Å²) in [7, 11) is 0. The highest BCUT2D eigenvalue weighted by Gasteiger charge is 2.20. The van der Waals surface area contributed by atoms with Crippen LogP contribution in [0.15, 0.2) is 40.2 Å². The molecule has 5 heteroatoms. The van der Waals surface area contributed by atoms with Crippen LogP contribution >= 0.6 is 38.9 Å². The van der Waals surface area contributed by atoms with Crippen LogP contribution in [0.4, 0.5) is 5.69 Å². The highest BCUT2D eigenvalue weighted by atomic mass is 79.9. The van der Waals surface area contributed by atoms with Crippen molar-refractivity contribution >= 4 is 44.6 Å². The molecule has 2 heterocycles. The first-order valence-corrected chi connectivity index (χ1v) is 8.78. The summed E-state index contributed by atoms with van der Waals surface area (Å²) in [5.41, 5.74) is 1.28. The molecule has 0 spiro atoms. The van der Waals surface area contributed by atoms with Crippen LogP contribution in [0.25, 0.3) is 0 Å². The molecule has 1 N–H and O–H groups in total. The molecule has 1 fully saturated rings. The van der Waals surface area contributed by atoms with E-state index < -0.39 is 0 Å². The van der Waals surface area contributed by atoms with Crippen LogP contribution in [0.5, 0.6) is 0 Å². The maximum Gasteiger partial charge on any atom is 0.112 e. The van der Waals surface area contributed by atoms with Gasteiger partial charge in [0.05, 0.1) is 34.8 Å². The van der Waals surface area contributed by atoms with Crippen LogP contribution in [0.2, 0.25) is 5.02 Å². The number of nitrogens with one attached hydrogen (secondary N) is 1. The lowest BCUT2D eigenvalue weighted by Crippen LogP contribution is -3.13. The van der Waals surface area contributed by atoms with Crippen LogP contribution in [0.3, 0.4) is 0 Å². The summed E-state index contributed by atoms with van der Waals surface area (Å²) in [6.07, 6.45) is 0. The van der Waals surface area contributed by atoms with Gasteiger partial charge in [-0.1, -0.05) is 11.6 Å². The standard InChI is InChI=1S/C15H16BrClN2S/c16-15-6-5-14(20-15)11-18-7-9-19(10-8-18)13-3-1-12(17)2-4-13/h1-6H,7-11H2/p+1. The highest BCUT2D eigenvalue weighted by Crippen LogP contribution is 2.21. The fraction of sp³-hybridized carbons (Fsp3) is 0.333. The molecule has 0 aliphatic carbocycles. The Morgan fingerprint density at radius 2 is 1.80 bits per heavy atom. The number of hydrogen-bond donors (Lipinski definition) is 1. The maximum atomic E-state index is 5.94. The van der Waals surface area contributed by atoms with Crippen molar-refractivity contribution in [3.05, 3.63) is 50.1 Å². The van der Waals surface area contributed by atoms with E-state index in [1.54, 1.807) is 4.90 Å². The molecule has 0 radical (unpaired) electrons. The first-order valence-electron chi connectivity index (χ1n) is 6.79. The second-order valence-corrected chi connectivity index (χ2v) is 8.08. The lowest BCUT2D eigenvalue weighted by atomic mass is 10.2. The van der Waals surface area contributed by atoms with Gasteiger partial charge in [0.1, 0.15) is 6.54 Å². The number of halogens is 2.